The van der Waals surface area contributed by atoms with Gasteiger partial charge in [0, 0.05) is 0 Å². The third kappa shape index (κ3) is 2.80. The molecule has 0 aliphatic carbocycles. The number of hydrogen-bond donors (Lipinski definition) is 1. The van der Waals surface area contributed by atoms with Gasteiger partial charge in [0.2, 0.25) is 0 Å². The molecule has 0 atom stereocenters. The monoisotopic (exact) mass is 226 g/mol. The quantitative estimate of drug-likeness (QED) is 0.759. The van der Waals surface area contributed by atoms with Crippen molar-refractivity contribution in [2.75, 3.05) is 18.5 Å². The van der Waals surface area contributed by atoms with E-state index in [-0.39, 0.29) is 0 Å². The second-order valence-corrected chi connectivity index (χ2v) is 10.5. The molecular weight excluding hydrogens is 203 g/mol. The molecule has 1 N–H and O–H groups in total. The summed E-state index contributed by atoms with van der Waals surface area (Å²) >= 11 is 0. The van der Waals surface area contributed by atoms with Crippen LogP contribution in [0.2, 0.25) is 0 Å². The molecule has 0 fully saturated rings. The van der Waals surface area contributed by atoms with E-state index in [1.165, 1.54) is 5.56 Å². The second-order valence-electron chi connectivity index (χ2n) is 4.50. The number of rotatable bonds is 5. The molecule has 0 saturated heterocycles. The minimum absolute atomic E-state index is 0.885. The van der Waals surface area contributed by atoms with Crippen molar-refractivity contribution in [3.63, 3.8) is 0 Å². The fourth-order valence-electron chi connectivity index (χ4n) is 2.06. The van der Waals surface area contributed by atoms with Crippen LogP contribution in [0.5, 0.6) is 0 Å². The van der Waals surface area contributed by atoms with E-state index < -0.39 is 6.83 Å². The van der Waals surface area contributed by atoms with Gasteiger partial charge in [-0.05, 0) is 0 Å². The zero-order chi connectivity index (χ0) is 11.4. The molecule has 0 unspecified atom stereocenters. The standard InChI is InChI=1S/C13H23OP/c1-4-15(14,5-2,6-3)12-13-10-8-7-9-11-13/h7-11,14H,4-6,12H2,1-3H3. The molecule has 0 spiro atoms. The van der Waals surface area contributed by atoms with Gasteiger partial charge < -0.3 is 0 Å². The average Bonchev–Trinajstić information content (AvgIpc) is 2.31. The molecule has 1 nitrogen and oxygen atoms in total. The Hall–Kier alpha value is -0.390. The Kier molecular flexibility index (Phi) is 3.92. The van der Waals surface area contributed by atoms with Gasteiger partial charge in [-0.15, -0.1) is 0 Å². The molecule has 2 heteroatoms. The predicted molar refractivity (Wildman–Crippen MR) is 70.9 cm³/mol. The molecule has 0 aliphatic rings. The fourth-order valence-corrected chi connectivity index (χ4v) is 5.22. The van der Waals surface area contributed by atoms with Gasteiger partial charge >= 0.3 is 93.0 Å². The summed E-state index contributed by atoms with van der Waals surface area (Å²) in [7, 11) is 0. The third-order valence-electron chi connectivity index (χ3n) is 3.87. The number of benzene rings is 1. The normalized spacial score (nSPS) is 14.5. The fraction of sp³-hybridized carbons (Fsp3) is 0.538. The van der Waals surface area contributed by atoms with E-state index in [2.05, 4.69) is 45.0 Å². The zero-order valence-corrected chi connectivity index (χ0v) is 11.0. The van der Waals surface area contributed by atoms with Gasteiger partial charge in [0.05, 0.1) is 0 Å². The van der Waals surface area contributed by atoms with Gasteiger partial charge in [-0.3, -0.25) is 0 Å². The average molecular weight is 226 g/mol. The van der Waals surface area contributed by atoms with Crippen molar-refractivity contribution in [1.82, 2.24) is 0 Å². The van der Waals surface area contributed by atoms with Crippen LogP contribution in [0.25, 0.3) is 0 Å². The van der Waals surface area contributed by atoms with E-state index in [9.17, 15) is 4.89 Å². The van der Waals surface area contributed by atoms with E-state index in [1.807, 2.05) is 6.07 Å². The Morgan fingerprint density at radius 2 is 1.40 bits per heavy atom. The van der Waals surface area contributed by atoms with Gasteiger partial charge in [-0.1, -0.05) is 0 Å². The summed E-state index contributed by atoms with van der Waals surface area (Å²) in [6.45, 7) is 3.97. The molecule has 1 rings (SSSR count). The molecular formula is C13H23OP. The van der Waals surface area contributed by atoms with Crippen molar-refractivity contribution in [3.05, 3.63) is 35.9 Å². The molecule has 0 amide bonds. The second kappa shape index (κ2) is 4.63. The molecule has 1 aromatic carbocycles. The first-order chi connectivity index (χ1) is 7.06. The van der Waals surface area contributed by atoms with Crippen molar-refractivity contribution in [1.29, 1.82) is 0 Å². The minimum atomic E-state index is -2.43. The van der Waals surface area contributed by atoms with Crippen LogP contribution < -0.4 is 0 Å². The summed E-state index contributed by atoms with van der Waals surface area (Å²) in [4.78, 5) is 11.0. The van der Waals surface area contributed by atoms with Crippen LogP contribution in [0.15, 0.2) is 30.3 Å². The molecule has 0 bridgehead atoms. The van der Waals surface area contributed by atoms with Gasteiger partial charge in [-0.25, -0.2) is 0 Å². The van der Waals surface area contributed by atoms with Gasteiger partial charge in [0.1, 0.15) is 0 Å². The zero-order valence-electron chi connectivity index (χ0n) is 10.1. The first-order valence-corrected chi connectivity index (χ1v) is 8.78. The van der Waals surface area contributed by atoms with Crippen molar-refractivity contribution < 1.29 is 4.89 Å². The summed E-state index contributed by atoms with van der Waals surface area (Å²) in [5.41, 5.74) is 1.28. The van der Waals surface area contributed by atoms with E-state index in [1.54, 1.807) is 0 Å². The summed E-state index contributed by atoms with van der Waals surface area (Å²) in [5, 5.41) is 0. The summed E-state index contributed by atoms with van der Waals surface area (Å²) in [5.74, 6) is 0. The summed E-state index contributed by atoms with van der Waals surface area (Å²) in [6.07, 6.45) is 3.70. The van der Waals surface area contributed by atoms with Crippen LogP contribution in [0.3, 0.4) is 0 Å². The Morgan fingerprint density at radius 1 is 0.933 bits per heavy atom. The Morgan fingerprint density at radius 3 is 1.80 bits per heavy atom. The van der Waals surface area contributed by atoms with Crippen LogP contribution >= 0.6 is 6.83 Å². The molecule has 15 heavy (non-hydrogen) atoms. The van der Waals surface area contributed by atoms with Gasteiger partial charge in [0.25, 0.3) is 0 Å². The van der Waals surface area contributed by atoms with E-state index in [0.29, 0.717) is 0 Å². The summed E-state index contributed by atoms with van der Waals surface area (Å²) < 4.78 is 0. The maximum absolute atomic E-state index is 11.0. The molecule has 1 aromatic rings. The molecule has 86 valence electrons. The molecule has 0 aliphatic heterocycles. The van der Waals surface area contributed by atoms with Crippen LogP contribution in [-0.2, 0) is 6.16 Å². The number of hydrogen-bond acceptors (Lipinski definition) is 1. The van der Waals surface area contributed by atoms with E-state index >= 15 is 0 Å². The van der Waals surface area contributed by atoms with Crippen LogP contribution in [0, 0.1) is 0 Å². The maximum atomic E-state index is 11.0. The van der Waals surface area contributed by atoms with Gasteiger partial charge in [0.15, 0.2) is 0 Å². The summed E-state index contributed by atoms with van der Waals surface area (Å²) in [6, 6.07) is 10.4. The molecule has 0 saturated carbocycles. The molecule has 0 aromatic heterocycles. The Labute approximate surface area is 93.5 Å². The molecule has 0 heterocycles. The first kappa shape index (κ1) is 12.7. The molecule has 0 radical (unpaired) electrons. The topological polar surface area (TPSA) is 20.2 Å². The Balaban J connectivity index is 2.95. The SMILES string of the molecule is CCP(O)(CC)(CC)Cc1ccccc1. The van der Waals surface area contributed by atoms with E-state index in [0.717, 1.165) is 24.6 Å². The van der Waals surface area contributed by atoms with Crippen molar-refractivity contribution in [3.8, 4) is 0 Å². The van der Waals surface area contributed by atoms with E-state index in [4.69, 9.17) is 0 Å². The van der Waals surface area contributed by atoms with Crippen LogP contribution in [-0.4, -0.2) is 23.4 Å². The third-order valence-corrected chi connectivity index (χ3v) is 9.92. The van der Waals surface area contributed by atoms with Crippen LogP contribution in [0.4, 0.5) is 0 Å². The first-order valence-electron chi connectivity index (χ1n) is 5.85. The Bertz CT molecular complexity index is 293. The van der Waals surface area contributed by atoms with Crippen molar-refractivity contribution in [2.24, 2.45) is 0 Å². The van der Waals surface area contributed by atoms with Crippen molar-refractivity contribution >= 4 is 6.83 Å². The van der Waals surface area contributed by atoms with Crippen LogP contribution in [0.1, 0.15) is 26.3 Å². The predicted octanol–water partition coefficient (Wildman–Crippen LogP) is 3.71. The van der Waals surface area contributed by atoms with Gasteiger partial charge in [-0.2, -0.15) is 0 Å². The van der Waals surface area contributed by atoms with Crippen molar-refractivity contribution in [2.45, 2.75) is 26.9 Å².